The Kier molecular flexibility index (Phi) is 5.51. The number of carbonyl (C=O) groups excluding carboxylic acids is 1. The summed E-state index contributed by atoms with van der Waals surface area (Å²) in [5.74, 6) is -0.225. The Morgan fingerprint density at radius 2 is 1.75 bits per heavy atom. The summed E-state index contributed by atoms with van der Waals surface area (Å²) in [7, 11) is -3.68. The Bertz CT molecular complexity index is 1070. The van der Waals surface area contributed by atoms with Gasteiger partial charge in [-0.05, 0) is 60.4 Å². The van der Waals surface area contributed by atoms with Crippen LogP contribution < -0.4 is 10.5 Å². The van der Waals surface area contributed by atoms with E-state index in [0.29, 0.717) is 17.3 Å². The maximum atomic E-state index is 12.6. The Morgan fingerprint density at radius 1 is 1.11 bits per heavy atom. The molecule has 3 aromatic rings. The summed E-state index contributed by atoms with van der Waals surface area (Å²) in [5.41, 5.74) is 7.57. The summed E-state index contributed by atoms with van der Waals surface area (Å²) in [4.78, 5) is 11.3. The molecule has 0 saturated carbocycles. The topological polar surface area (TPSA) is 107 Å². The van der Waals surface area contributed by atoms with Gasteiger partial charge in [0.05, 0.1) is 10.6 Å². The lowest BCUT2D eigenvalue weighted by Crippen LogP contribution is -2.13. The molecule has 0 aliphatic heterocycles. The van der Waals surface area contributed by atoms with Crippen molar-refractivity contribution in [1.82, 2.24) is 9.78 Å². The zero-order valence-corrected chi connectivity index (χ0v) is 16.5. The maximum absolute atomic E-state index is 12.6. The first-order valence-corrected chi connectivity index (χ1v) is 10.4. The minimum Gasteiger partial charge on any atom is -0.364 e. The second kappa shape index (κ2) is 7.85. The number of nitrogens with one attached hydrogen (secondary N) is 1. The molecule has 1 heterocycles. The van der Waals surface area contributed by atoms with Crippen molar-refractivity contribution < 1.29 is 13.2 Å². The minimum absolute atomic E-state index is 0.158. The molecule has 3 N–H and O–H groups in total. The van der Waals surface area contributed by atoms with E-state index >= 15 is 0 Å². The minimum atomic E-state index is -3.68. The van der Waals surface area contributed by atoms with Crippen LogP contribution in [0, 0.1) is 0 Å². The van der Waals surface area contributed by atoms with Crippen molar-refractivity contribution in [3.8, 4) is 5.69 Å². The number of benzene rings is 2. The predicted octanol–water partition coefficient (Wildman–Crippen LogP) is 3.29. The molecule has 0 spiro atoms. The number of hydrogen-bond donors (Lipinski definition) is 2. The van der Waals surface area contributed by atoms with Gasteiger partial charge in [-0.1, -0.05) is 26.0 Å². The zero-order valence-electron chi connectivity index (χ0n) is 15.7. The number of aromatic nitrogens is 2. The zero-order chi connectivity index (χ0) is 20.3. The van der Waals surface area contributed by atoms with Crippen LogP contribution in [-0.2, 0) is 10.0 Å². The van der Waals surface area contributed by atoms with Gasteiger partial charge in [0.1, 0.15) is 5.69 Å². The third kappa shape index (κ3) is 4.23. The van der Waals surface area contributed by atoms with Crippen LogP contribution in [0.4, 0.5) is 5.69 Å². The molecule has 1 unspecified atom stereocenters. The highest BCUT2D eigenvalue weighted by Gasteiger charge is 2.15. The van der Waals surface area contributed by atoms with E-state index in [9.17, 15) is 13.2 Å². The van der Waals surface area contributed by atoms with E-state index in [2.05, 4.69) is 23.7 Å². The summed E-state index contributed by atoms with van der Waals surface area (Å²) in [6.07, 6.45) is 2.60. The van der Waals surface area contributed by atoms with Gasteiger partial charge in [0, 0.05) is 11.9 Å². The summed E-state index contributed by atoms with van der Waals surface area (Å²) in [6, 6.07) is 15.1. The lowest BCUT2D eigenvalue weighted by atomic mass is 9.99. The average Bonchev–Trinajstić information content (AvgIpc) is 3.18. The van der Waals surface area contributed by atoms with Crippen LogP contribution in [-0.4, -0.2) is 24.1 Å². The molecule has 2 aromatic carbocycles. The molecule has 1 amide bonds. The van der Waals surface area contributed by atoms with Gasteiger partial charge in [0.15, 0.2) is 0 Å². The average molecular weight is 398 g/mol. The molecular weight excluding hydrogens is 376 g/mol. The number of anilines is 1. The summed E-state index contributed by atoms with van der Waals surface area (Å²) < 4.78 is 29.3. The van der Waals surface area contributed by atoms with Crippen molar-refractivity contribution in [2.24, 2.45) is 5.73 Å². The number of amides is 1. The van der Waals surface area contributed by atoms with Gasteiger partial charge in [-0.25, -0.2) is 13.1 Å². The normalized spacial score (nSPS) is 12.5. The molecular formula is C20H22N4O3S. The number of nitrogens with zero attached hydrogens (tertiary/aromatic N) is 2. The monoisotopic (exact) mass is 398 g/mol. The molecule has 0 aliphatic carbocycles. The quantitative estimate of drug-likeness (QED) is 0.637. The van der Waals surface area contributed by atoms with Gasteiger partial charge in [-0.2, -0.15) is 5.10 Å². The van der Waals surface area contributed by atoms with Gasteiger partial charge in [0.2, 0.25) is 0 Å². The van der Waals surface area contributed by atoms with Crippen molar-refractivity contribution >= 4 is 21.6 Å². The van der Waals surface area contributed by atoms with E-state index in [1.54, 1.807) is 42.6 Å². The molecule has 28 heavy (non-hydrogen) atoms. The Balaban J connectivity index is 1.76. The Hall–Kier alpha value is -3.13. The Morgan fingerprint density at radius 3 is 2.29 bits per heavy atom. The molecule has 0 aliphatic rings. The third-order valence-electron chi connectivity index (χ3n) is 4.60. The highest BCUT2D eigenvalue weighted by Crippen LogP contribution is 2.22. The number of hydrogen-bond acceptors (Lipinski definition) is 4. The molecule has 7 nitrogen and oxygen atoms in total. The van der Waals surface area contributed by atoms with Crippen LogP contribution in [0.3, 0.4) is 0 Å². The fourth-order valence-corrected chi connectivity index (χ4v) is 3.77. The van der Waals surface area contributed by atoms with Crippen LogP contribution >= 0.6 is 0 Å². The number of carbonyl (C=O) groups is 1. The van der Waals surface area contributed by atoms with Crippen LogP contribution in [0.15, 0.2) is 65.7 Å². The molecule has 0 saturated heterocycles. The number of nitrogens with two attached hydrogens (primary N) is 1. The van der Waals surface area contributed by atoms with Crippen molar-refractivity contribution in [3.63, 3.8) is 0 Å². The standard InChI is InChI=1S/C20H22N4O3S/c1-3-14(2)15-4-10-18(11-5-15)28(26,27)23-16-6-8-17(9-7-16)24-13-12-19(22-24)20(21)25/h4-14,23H,3H2,1-2H3,(H2,21,25). The largest absolute Gasteiger partial charge is 0.364 e. The van der Waals surface area contributed by atoms with E-state index in [4.69, 9.17) is 5.73 Å². The van der Waals surface area contributed by atoms with Crippen LogP contribution in [0.1, 0.15) is 42.2 Å². The summed E-state index contributed by atoms with van der Waals surface area (Å²) in [6.45, 7) is 4.20. The van der Waals surface area contributed by atoms with Gasteiger partial charge in [0.25, 0.3) is 15.9 Å². The van der Waals surface area contributed by atoms with Crippen molar-refractivity contribution in [3.05, 3.63) is 72.1 Å². The first kappa shape index (κ1) is 19.6. The number of rotatable bonds is 7. The van der Waals surface area contributed by atoms with Crippen molar-refractivity contribution in [2.45, 2.75) is 31.1 Å². The SMILES string of the molecule is CCC(C)c1ccc(S(=O)(=O)Nc2ccc(-n3ccc(C(N)=O)n3)cc2)cc1. The van der Waals surface area contributed by atoms with Gasteiger partial charge >= 0.3 is 0 Å². The van der Waals surface area contributed by atoms with E-state index < -0.39 is 15.9 Å². The van der Waals surface area contributed by atoms with E-state index in [0.717, 1.165) is 12.0 Å². The highest BCUT2D eigenvalue weighted by molar-refractivity contribution is 7.92. The summed E-state index contributed by atoms with van der Waals surface area (Å²) in [5, 5.41) is 4.06. The number of sulfonamides is 1. The first-order chi connectivity index (χ1) is 13.3. The molecule has 8 heteroatoms. The van der Waals surface area contributed by atoms with Crippen LogP contribution in [0.25, 0.3) is 5.69 Å². The maximum Gasteiger partial charge on any atom is 0.269 e. The van der Waals surface area contributed by atoms with Crippen LogP contribution in [0.2, 0.25) is 0 Å². The van der Waals surface area contributed by atoms with Gasteiger partial charge in [-0.3, -0.25) is 9.52 Å². The lowest BCUT2D eigenvalue weighted by Gasteiger charge is -2.12. The predicted molar refractivity (Wildman–Crippen MR) is 108 cm³/mol. The van der Waals surface area contributed by atoms with E-state index in [-0.39, 0.29) is 10.6 Å². The third-order valence-corrected chi connectivity index (χ3v) is 5.99. The van der Waals surface area contributed by atoms with Gasteiger partial charge < -0.3 is 5.73 Å². The number of primary amides is 1. The van der Waals surface area contributed by atoms with Gasteiger partial charge in [-0.15, -0.1) is 0 Å². The fourth-order valence-electron chi connectivity index (χ4n) is 2.71. The first-order valence-electron chi connectivity index (χ1n) is 8.89. The second-order valence-corrected chi connectivity index (χ2v) is 8.22. The lowest BCUT2D eigenvalue weighted by molar-refractivity contribution is 0.0995. The van der Waals surface area contributed by atoms with E-state index in [1.807, 2.05) is 12.1 Å². The summed E-state index contributed by atoms with van der Waals surface area (Å²) >= 11 is 0. The molecule has 146 valence electrons. The molecule has 0 radical (unpaired) electrons. The fraction of sp³-hybridized carbons (Fsp3) is 0.200. The second-order valence-electron chi connectivity index (χ2n) is 6.54. The molecule has 1 atom stereocenters. The van der Waals surface area contributed by atoms with E-state index in [1.165, 1.54) is 10.7 Å². The van der Waals surface area contributed by atoms with Crippen molar-refractivity contribution in [2.75, 3.05) is 4.72 Å². The molecule has 3 rings (SSSR count). The highest BCUT2D eigenvalue weighted by atomic mass is 32.2. The van der Waals surface area contributed by atoms with Crippen LogP contribution in [0.5, 0.6) is 0 Å². The Labute approximate surface area is 164 Å². The molecule has 0 bridgehead atoms. The molecule has 0 fully saturated rings. The smallest absolute Gasteiger partial charge is 0.269 e. The molecule has 1 aromatic heterocycles. The van der Waals surface area contributed by atoms with Crippen molar-refractivity contribution in [1.29, 1.82) is 0 Å².